The van der Waals surface area contributed by atoms with Gasteiger partial charge < -0.3 is 15.2 Å². The third-order valence-electron chi connectivity index (χ3n) is 5.26. The zero-order valence-electron chi connectivity index (χ0n) is 16.3. The van der Waals surface area contributed by atoms with Crippen LogP contribution in [0.25, 0.3) is 0 Å². The van der Waals surface area contributed by atoms with Crippen LogP contribution in [0.2, 0.25) is 0 Å². The molecule has 4 rings (SSSR count). The van der Waals surface area contributed by atoms with E-state index in [9.17, 15) is 9.59 Å². The summed E-state index contributed by atoms with van der Waals surface area (Å²) in [5, 5.41) is 3.91. The first-order chi connectivity index (χ1) is 13.5. The van der Waals surface area contributed by atoms with Crippen molar-refractivity contribution in [3.63, 3.8) is 0 Å². The maximum atomic E-state index is 13.0. The van der Waals surface area contributed by atoms with Gasteiger partial charge in [-0.3, -0.25) is 9.59 Å². The van der Waals surface area contributed by atoms with Gasteiger partial charge in [-0.15, -0.1) is 0 Å². The fraction of sp³-hybridized carbons (Fsp3) is 0.381. The van der Waals surface area contributed by atoms with Gasteiger partial charge in [-0.05, 0) is 36.3 Å². The standard InChI is InChI=1S/C21H24N4O2S/c1-4-28-21-23-19-18(20(27)24-21)16(12-8-10-13(11-9-12)25(2)3)17-14(22-19)6-5-7-15(17)26/h8-11,16H,4-7H2,1-3H3,(H2,22,23,24,27). The third kappa shape index (κ3) is 3.24. The number of aromatic nitrogens is 2. The normalized spacial score (nSPS) is 18.4. The molecule has 2 aromatic rings. The number of thioether (sulfide) groups is 1. The minimum Gasteiger partial charge on any atom is -0.378 e. The van der Waals surface area contributed by atoms with Gasteiger partial charge in [0.2, 0.25) is 0 Å². The minimum absolute atomic E-state index is 0.118. The molecule has 2 aliphatic rings. The van der Waals surface area contributed by atoms with Crippen molar-refractivity contribution in [2.45, 2.75) is 37.3 Å². The molecule has 1 aromatic carbocycles. The molecular weight excluding hydrogens is 372 g/mol. The minimum atomic E-state index is -0.382. The molecule has 0 saturated carbocycles. The Morgan fingerprint density at radius 3 is 2.61 bits per heavy atom. The lowest BCUT2D eigenvalue weighted by Gasteiger charge is -2.33. The number of carbonyl (C=O) groups excluding carboxylic acids is 1. The van der Waals surface area contributed by atoms with Gasteiger partial charge in [0.15, 0.2) is 10.9 Å². The van der Waals surface area contributed by atoms with Crippen molar-refractivity contribution in [2.75, 3.05) is 30.1 Å². The number of allylic oxidation sites excluding steroid dienone is 2. The monoisotopic (exact) mass is 396 g/mol. The second-order valence-electron chi connectivity index (χ2n) is 7.28. The van der Waals surface area contributed by atoms with Gasteiger partial charge in [-0.25, -0.2) is 4.98 Å². The van der Waals surface area contributed by atoms with Crippen molar-refractivity contribution >= 4 is 29.1 Å². The summed E-state index contributed by atoms with van der Waals surface area (Å²) in [5.41, 5.74) is 4.01. The molecule has 146 valence electrons. The Morgan fingerprint density at radius 1 is 1.18 bits per heavy atom. The molecule has 2 heterocycles. The van der Waals surface area contributed by atoms with E-state index in [2.05, 4.69) is 15.3 Å². The van der Waals surface area contributed by atoms with Crippen LogP contribution in [0.5, 0.6) is 0 Å². The average molecular weight is 397 g/mol. The SMILES string of the molecule is CCSc1nc2c(c(=O)[nH]1)C(c1ccc(N(C)C)cc1)C1=C(CCCC1=O)N2. The number of carbonyl (C=O) groups is 1. The maximum Gasteiger partial charge on any atom is 0.257 e. The molecule has 0 bridgehead atoms. The van der Waals surface area contributed by atoms with E-state index in [1.807, 2.05) is 50.2 Å². The van der Waals surface area contributed by atoms with Crippen LogP contribution in [-0.2, 0) is 4.79 Å². The zero-order valence-corrected chi connectivity index (χ0v) is 17.2. The largest absolute Gasteiger partial charge is 0.378 e. The summed E-state index contributed by atoms with van der Waals surface area (Å²) in [4.78, 5) is 35.4. The van der Waals surface area contributed by atoms with Crippen LogP contribution in [0.15, 0.2) is 45.5 Å². The van der Waals surface area contributed by atoms with E-state index in [1.165, 1.54) is 11.8 Å². The van der Waals surface area contributed by atoms with Crippen LogP contribution < -0.4 is 15.8 Å². The smallest absolute Gasteiger partial charge is 0.257 e. The Morgan fingerprint density at radius 2 is 1.93 bits per heavy atom. The van der Waals surface area contributed by atoms with E-state index in [0.717, 1.165) is 41.1 Å². The number of Topliss-reactive ketones (excluding diaryl/α,β-unsaturated/α-hetero) is 1. The van der Waals surface area contributed by atoms with Crippen molar-refractivity contribution in [1.82, 2.24) is 9.97 Å². The Bertz CT molecular complexity index is 1010. The van der Waals surface area contributed by atoms with E-state index >= 15 is 0 Å². The van der Waals surface area contributed by atoms with Crippen molar-refractivity contribution in [3.8, 4) is 0 Å². The number of benzene rings is 1. The topological polar surface area (TPSA) is 78.1 Å². The first-order valence-corrected chi connectivity index (χ1v) is 10.6. The number of nitrogens with one attached hydrogen (secondary N) is 2. The third-order valence-corrected chi connectivity index (χ3v) is 6.02. The summed E-state index contributed by atoms with van der Waals surface area (Å²) in [5.74, 6) is 1.14. The molecule has 1 aliphatic heterocycles. The molecule has 0 fully saturated rings. The highest BCUT2D eigenvalue weighted by Gasteiger charge is 2.37. The molecule has 1 aliphatic carbocycles. The van der Waals surface area contributed by atoms with Crippen molar-refractivity contribution < 1.29 is 4.79 Å². The molecule has 28 heavy (non-hydrogen) atoms. The van der Waals surface area contributed by atoms with Gasteiger partial charge in [0, 0.05) is 43.4 Å². The van der Waals surface area contributed by atoms with Crippen LogP contribution in [0.3, 0.4) is 0 Å². The number of aromatic amines is 1. The highest BCUT2D eigenvalue weighted by Crippen LogP contribution is 2.43. The molecule has 0 spiro atoms. The van der Waals surface area contributed by atoms with E-state index < -0.39 is 0 Å². The predicted octanol–water partition coefficient (Wildman–Crippen LogP) is 3.51. The highest BCUT2D eigenvalue weighted by molar-refractivity contribution is 7.99. The quantitative estimate of drug-likeness (QED) is 0.608. The summed E-state index contributed by atoms with van der Waals surface area (Å²) in [7, 11) is 3.98. The van der Waals surface area contributed by atoms with E-state index in [4.69, 9.17) is 0 Å². The molecule has 0 amide bonds. The fourth-order valence-corrected chi connectivity index (χ4v) is 4.54. The number of nitrogens with zero attached hydrogens (tertiary/aromatic N) is 2. The lowest BCUT2D eigenvalue weighted by atomic mass is 9.76. The Kier molecular flexibility index (Phi) is 5.02. The Balaban J connectivity index is 1.90. The first kappa shape index (κ1) is 18.8. The number of rotatable bonds is 4. The van der Waals surface area contributed by atoms with Crippen molar-refractivity contribution in [2.24, 2.45) is 0 Å². The second kappa shape index (κ2) is 7.47. The number of anilines is 2. The summed E-state index contributed by atoms with van der Waals surface area (Å²) in [6, 6.07) is 8.06. The van der Waals surface area contributed by atoms with E-state index in [-0.39, 0.29) is 17.3 Å². The Hall–Kier alpha value is -2.54. The van der Waals surface area contributed by atoms with Crippen LogP contribution in [0.1, 0.15) is 43.2 Å². The molecule has 1 unspecified atom stereocenters. The molecule has 2 N–H and O–H groups in total. The van der Waals surface area contributed by atoms with Crippen LogP contribution >= 0.6 is 11.8 Å². The molecule has 1 aromatic heterocycles. The van der Waals surface area contributed by atoms with Gasteiger partial charge >= 0.3 is 0 Å². The number of H-pyrrole nitrogens is 1. The number of fused-ring (bicyclic) bond motifs is 1. The van der Waals surface area contributed by atoms with Crippen molar-refractivity contribution in [1.29, 1.82) is 0 Å². The lowest BCUT2D eigenvalue weighted by molar-refractivity contribution is -0.116. The van der Waals surface area contributed by atoms with Gasteiger partial charge in [0.25, 0.3) is 5.56 Å². The van der Waals surface area contributed by atoms with Crippen molar-refractivity contribution in [3.05, 3.63) is 57.0 Å². The van der Waals surface area contributed by atoms with Gasteiger partial charge in [0.05, 0.1) is 5.56 Å². The van der Waals surface area contributed by atoms with Gasteiger partial charge in [0.1, 0.15) is 5.82 Å². The summed E-state index contributed by atoms with van der Waals surface area (Å²) in [6.45, 7) is 2.02. The summed E-state index contributed by atoms with van der Waals surface area (Å²) in [6.07, 6.45) is 2.15. The first-order valence-electron chi connectivity index (χ1n) is 9.57. The molecule has 0 radical (unpaired) electrons. The zero-order chi connectivity index (χ0) is 19.8. The summed E-state index contributed by atoms with van der Waals surface area (Å²) < 4.78 is 0. The fourth-order valence-electron chi connectivity index (χ4n) is 3.94. The number of hydrogen-bond acceptors (Lipinski definition) is 6. The molecular formula is C21H24N4O2S. The highest BCUT2D eigenvalue weighted by atomic mass is 32.2. The number of hydrogen-bond donors (Lipinski definition) is 2. The van der Waals surface area contributed by atoms with Crippen LogP contribution in [0.4, 0.5) is 11.5 Å². The summed E-state index contributed by atoms with van der Waals surface area (Å²) >= 11 is 1.50. The lowest BCUT2D eigenvalue weighted by Crippen LogP contribution is -2.32. The Labute approximate surface area is 168 Å². The maximum absolute atomic E-state index is 13.0. The second-order valence-corrected chi connectivity index (χ2v) is 8.53. The molecule has 7 heteroatoms. The molecule has 6 nitrogen and oxygen atoms in total. The molecule has 1 atom stereocenters. The van der Waals surface area contributed by atoms with Gasteiger partial charge in [-0.1, -0.05) is 30.8 Å². The molecule has 0 saturated heterocycles. The number of ketones is 1. The van der Waals surface area contributed by atoms with Crippen LogP contribution in [0, 0.1) is 0 Å². The average Bonchev–Trinajstić information content (AvgIpc) is 2.67. The van der Waals surface area contributed by atoms with E-state index in [0.29, 0.717) is 23.0 Å². The van der Waals surface area contributed by atoms with Gasteiger partial charge in [-0.2, -0.15) is 0 Å². The van der Waals surface area contributed by atoms with E-state index in [1.54, 1.807) is 0 Å². The van der Waals surface area contributed by atoms with Crippen LogP contribution in [-0.4, -0.2) is 35.6 Å². The predicted molar refractivity (Wildman–Crippen MR) is 113 cm³/mol.